The molecule has 0 fully saturated rings. The van der Waals surface area contributed by atoms with E-state index in [4.69, 9.17) is 0 Å². The lowest BCUT2D eigenvalue weighted by molar-refractivity contribution is 0.114. The molecule has 2 rings (SSSR count). The van der Waals surface area contributed by atoms with Crippen molar-refractivity contribution in [3.8, 4) is 0 Å². The fourth-order valence-electron chi connectivity index (χ4n) is 2.12. The first-order chi connectivity index (χ1) is 9.09. The highest BCUT2D eigenvalue weighted by atomic mass is 16.3. The maximum atomic E-state index is 9.75. The van der Waals surface area contributed by atoms with Crippen LogP contribution in [0.15, 0.2) is 24.3 Å². The van der Waals surface area contributed by atoms with Crippen LogP contribution in [0.25, 0.3) is 0 Å². The quantitative estimate of drug-likeness (QED) is 0.791. The molecular formula is C13H18N4O2. The van der Waals surface area contributed by atoms with Crippen LogP contribution in [0.2, 0.25) is 0 Å². The Balaban J connectivity index is 2.37. The molecule has 0 amide bonds. The minimum atomic E-state index is -0.783. The van der Waals surface area contributed by atoms with E-state index in [1.807, 2.05) is 31.2 Å². The maximum Gasteiger partial charge on any atom is 0.175 e. The second-order valence-electron chi connectivity index (χ2n) is 4.84. The second kappa shape index (κ2) is 5.46. The van der Waals surface area contributed by atoms with Crippen LogP contribution >= 0.6 is 0 Å². The molecule has 0 aliphatic carbocycles. The molecule has 0 spiro atoms. The van der Waals surface area contributed by atoms with E-state index in [1.54, 1.807) is 7.05 Å². The third-order valence-corrected chi connectivity index (χ3v) is 3.28. The van der Waals surface area contributed by atoms with Crippen LogP contribution in [0.5, 0.6) is 0 Å². The summed E-state index contributed by atoms with van der Waals surface area (Å²) in [5.74, 6) is 0.507. The monoisotopic (exact) mass is 262 g/mol. The molecule has 1 aromatic heterocycles. The van der Waals surface area contributed by atoms with Crippen molar-refractivity contribution in [1.29, 1.82) is 0 Å². The Bertz CT molecular complexity index is 549. The number of nitrogens with zero attached hydrogens (tertiary/aromatic N) is 4. The van der Waals surface area contributed by atoms with E-state index in [1.165, 1.54) is 4.80 Å². The SMILES string of the molecule is Cc1cccc(C(CO)(CO)Cc2nnn(C)n2)c1. The average molecular weight is 262 g/mol. The van der Waals surface area contributed by atoms with Gasteiger partial charge in [0.05, 0.1) is 20.3 Å². The molecule has 6 heteroatoms. The number of benzene rings is 1. The number of aliphatic hydroxyl groups excluding tert-OH is 2. The van der Waals surface area contributed by atoms with Gasteiger partial charge in [0.2, 0.25) is 0 Å². The van der Waals surface area contributed by atoms with Crippen LogP contribution < -0.4 is 0 Å². The van der Waals surface area contributed by atoms with Gasteiger partial charge in [-0.2, -0.15) is 4.80 Å². The smallest absolute Gasteiger partial charge is 0.175 e. The molecule has 2 N–H and O–H groups in total. The molecule has 6 nitrogen and oxygen atoms in total. The van der Waals surface area contributed by atoms with Crippen LogP contribution in [0.4, 0.5) is 0 Å². The fraction of sp³-hybridized carbons (Fsp3) is 0.462. The summed E-state index contributed by atoms with van der Waals surface area (Å²) >= 11 is 0. The van der Waals surface area contributed by atoms with E-state index in [2.05, 4.69) is 15.4 Å². The van der Waals surface area contributed by atoms with Crippen molar-refractivity contribution in [2.45, 2.75) is 18.8 Å². The van der Waals surface area contributed by atoms with Crippen molar-refractivity contribution in [2.75, 3.05) is 13.2 Å². The molecule has 1 heterocycles. The lowest BCUT2D eigenvalue weighted by Crippen LogP contribution is -2.37. The molecule has 2 aromatic rings. The van der Waals surface area contributed by atoms with E-state index in [0.29, 0.717) is 12.2 Å². The highest BCUT2D eigenvalue weighted by molar-refractivity contribution is 5.31. The van der Waals surface area contributed by atoms with Gasteiger partial charge >= 0.3 is 0 Å². The van der Waals surface area contributed by atoms with Gasteiger partial charge in [-0.05, 0) is 17.7 Å². The minimum Gasteiger partial charge on any atom is -0.395 e. The van der Waals surface area contributed by atoms with Crippen molar-refractivity contribution >= 4 is 0 Å². The molecule has 0 saturated heterocycles. The number of aryl methyl sites for hydroxylation is 2. The Morgan fingerprint density at radius 1 is 1.26 bits per heavy atom. The van der Waals surface area contributed by atoms with E-state index in [0.717, 1.165) is 11.1 Å². The zero-order chi connectivity index (χ0) is 13.9. The van der Waals surface area contributed by atoms with Crippen LogP contribution in [-0.4, -0.2) is 43.6 Å². The predicted molar refractivity (Wildman–Crippen MR) is 69.5 cm³/mol. The van der Waals surface area contributed by atoms with Gasteiger partial charge in [-0.3, -0.25) is 0 Å². The third-order valence-electron chi connectivity index (χ3n) is 3.28. The molecule has 0 bridgehead atoms. The molecule has 0 unspecified atom stereocenters. The summed E-state index contributed by atoms with van der Waals surface area (Å²) in [6.07, 6.45) is 0.345. The van der Waals surface area contributed by atoms with Crippen LogP contribution in [-0.2, 0) is 18.9 Å². The zero-order valence-electron chi connectivity index (χ0n) is 11.1. The Kier molecular flexibility index (Phi) is 3.92. The summed E-state index contributed by atoms with van der Waals surface area (Å²) in [4.78, 5) is 1.37. The molecule has 0 atom stereocenters. The van der Waals surface area contributed by atoms with Gasteiger partial charge in [-0.25, -0.2) is 0 Å². The van der Waals surface area contributed by atoms with Crippen molar-refractivity contribution < 1.29 is 10.2 Å². The Morgan fingerprint density at radius 3 is 2.53 bits per heavy atom. The van der Waals surface area contributed by atoms with E-state index < -0.39 is 5.41 Å². The number of hydrogen-bond acceptors (Lipinski definition) is 5. The Morgan fingerprint density at radius 2 is 2.00 bits per heavy atom. The topological polar surface area (TPSA) is 84.1 Å². The van der Waals surface area contributed by atoms with Crippen molar-refractivity contribution in [2.24, 2.45) is 7.05 Å². The molecule has 0 aliphatic heterocycles. The van der Waals surface area contributed by atoms with Crippen molar-refractivity contribution in [1.82, 2.24) is 20.2 Å². The van der Waals surface area contributed by atoms with Gasteiger partial charge in [0.1, 0.15) is 0 Å². The molecule has 0 radical (unpaired) electrons. The summed E-state index contributed by atoms with van der Waals surface area (Å²) in [5.41, 5.74) is 1.18. The average Bonchev–Trinajstić information content (AvgIpc) is 2.81. The van der Waals surface area contributed by atoms with Gasteiger partial charge < -0.3 is 10.2 Å². The second-order valence-corrected chi connectivity index (χ2v) is 4.84. The highest BCUT2D eigenvalue weighted by Gasteiger charge is 2.33. The lowest BCUT2D eigenvalue weighted by Gasteiger charge is -2.29. The predicted octanol–water partition coefficient (Wildman–Crippen LogP) is -0.0164. The van der Waals surface area contributed by atoms with Crippen LogP contribution in [0, 0.1) is 6.92 Å². The van der Waals surface area contributed by atoms with Gasteiger partial charge in [-0.1, -0.05) is 29.8 Å². The summed E-state index contributed by atoms with van der Waals surface area (Å²) < 4.78 is 0. The van der Waals surface area contributed by atoms with Gasteiger partial charge in [0.25, 0.3) is 0 Å². The van der Waals surface area contributed by atoms with Gasteiger partial charge in [-0.15, -0.1) is 10.2 Å². The van der Waals surface area contributed by atoms with Crippen molar-refractivity contribution in [3.05, 3.63) is 41.2 Å². The number of aromatic nitrogens is 4. The molecule has 0 saturated carbocycles. The van der Waals surface area contributed by atoms with E-state index in [-0.39, 0.29) is 13.2 Å². The first kappa shape index (κ1) is 13.6. The standard InChI is InChI=1S/C13H18N4O2/c1-10-4-3-5-11(6-10)13(8-18,9-19)7-12-14-16-17(2)15-12/h3-6,18-19H,7-9H2,1-2H3. The Hall–Kier alpha value is -1.79. The fourth-order valence-corrected chi connectivity index (χ4v) is 2.12. The maximum absolute atomic E-state index is 9.75. The van der Waals surface area contributed by atoms with E-state index >= 15 is 0 Å². The van der Waals surface area contributed by atoms with Crippen molar-refractivity contribution in [3.63, 3.8) is 0 Å². The number of tetrazole rings is 1. The lowest BCUT2D eigenvalue weighted by atomic mass is 9.78. The summed E-state index contributed by atoms with van der Waals surface area (Å²) in [5, 5.41) is 31.3. The van der Waals surface area contributed by atoms with Crippen LogP contribution in [0.3, 0.4) is 0 Å². The molecular weight excluding hydrogens is 244 g/mol. The van der Waals surface area contributed by atoms with E-state index in [9.17, 15) is 10.2 Å². The summed E-state index contributed by atoms with van der Waals surface area (Å²) in [6.45, 7) is 1.62. The first-order valence-electron chi connectivity index (χ1n) is 6.11. The summed E-state index contributed by atoms with van der Waals surface area (Å²) in [7, 11) is 1.68. The molecule has 1 aromatic carbocycles. The number of aliphatic hydroxyl groups is 2. The molecule has 102 valence electrons. The zero-order valence-corrected chi connectivity index (χ0v) is 11.1. The minimum absolute atomic E-state index is 0.175. The van der Waals surface area contributed by atoms with Gasteiger partial charge in [0.15, 0.2) is 5.82 Å². The molecule has 0 aliphatic rings. The summed E-state index contributed by atoms with van der Waals surface area (Å²) in [6, 6.07) is 7.75. The number of hydrogen-bond donors (Lipinski definition) is 2. The van der Waals surface area contributed by atoms with Crippen LogP contribution in [0.1, 0.15) is 17.0 Å². The Labute approximate surface area is 111 Å². The normalized spacial score (nSPS) is 11.8. The third kappa shape index (κ3) is 2.80. The molecule has 19 heavy (non-hydrogen) atoms. The first-order valence-corrected chi connectivity index (χ1v) is 6.11. The highest BCUT2D eigenvalue weighted by Crippen LogP contribution is 2.27. The van der Waals surface area contributed by atoms with Gasteiger partial charge in [0, 0.05) is 11.8 Å². The number of rotatable bonds is 5. The largest absolute Gasteiger partial charge is 0.395 e.